The molecule has 256 valence electrons. The number of hydrogen-bond donors (Lipinski definition) is 0. The van der Waals surface area contributed by atoms with Crippen LogP contribution >= 0.6 is 0 Å². The van der Waals surface area contributed by atoms with Crippen molar-refractivity contribution in [2.24, 2.45) is 0 Å². The van der Waals surface area contributed by atoms with Gasteiger partial charge in [0.1, 0.15) is 13.9 Å². The van der Waals surface area contributed by atoms with Gasteiger partial charge >= 0.3 is 21.1 Å². The Balaban J connectivity index is 0.00000387. The first-order chi connectivity index (χ1) is 25.0. The Kier molecular flexibility index (Phi) is 8.94. The van der Waals surface area contributed by atoms with Crippen LogP contribution in [0.25, 0.3) is 27.6 Å². The summed E-state index contributed by atoms with van der Waals surface area (Å²) in [4.78, 5) is 9.77. The molecule has 0 aliphatic carbocycles. The minimum absolute atomic E-state index is 0. The molecule has 8 aromatic rings. The Labute approximate surface area is 321 Å². The number of hydrogen-bond acceptors (Lipinski definition) is 3. The second-order valence-corrected chi connectivity index (χ2v) is 17.5. The quantitative estimate of drug-likeness (QED) is 0.0930. The molecule has 0 N–H and O–H groups in total. The van der Waals surface area contributed by atoms with E-state index in [0.29, 0.717) is 6.04 Å². The van der Waals surface area contributed by atoms with Gasteiger partial charge in [-0.15, -0.1) is 11.5 Å². The molecule has 1 aliphatic rings. The second-order valence-electron chi connectivity index (χ2n) is 13.7. The molecule has 2 aromatic heterocycles. The predicted octanol–water partition coefficient (Wildman–Crippen LogP) is 7.79. The summed E-state index contributed by atoms with van der Waals surface area (Å²) < 4.78 is 2.29. The topological polar surface area (TPSA) is 24.3 Å². The number of fused-ring (bicyclic) bond motifs is 4. The molecule has 0 atom stereocenters. The van der Waals surface area contributed by atoms with Crippen LogP contribution in [0, 0.1) is 19.1 Å². The molecule has 3 heterocycles. The Morgan fingerprint density at radius 1 is 0.635 bits per heavy atom. The van der Waals surface area contributed by atoms with Crippen LogP contribution in [-0.2, 0) is 21.1 Å². The van der Waals surface area contributed by atoms with E-state index >= 15 is 0 Å². The van der Waals surface area contributed by atoms with Crippen LogP contribution in [-0.4, -0.2) is 30.3 Å². The summed E-state index contributed by atoms with van der Waals surface area (Å²) in [7, 11) is -3.00. The molecule has 0 saturated carbocycles. The number of para-hydroxylation sites is 3. The molecule has 0 radical (unpaired) electrons. The van der Waals surface area contributed by atoms with E-state index in [-0.39, 0.29) is 21.1 Å². The number of benzene rings is 6. The first-order valence-corrected chi connectivity index (χ1v) is 19.7. The summed E-state index contributed by atoms with van der Waals surface area (Å²) in [6, 6.07) is 63.7. The van der Waals surface area contributed by atoms with Crippen molar-refractivity contribution in [2.75, 3.05) is 16.5 Å². The normalized spacial score (nSPS) is 12.8. The van der Waals surface area contributed by atoms with Crippen molar-refractivity contribution >= 4 is 67.7 Å². The molecule has 0 spiro atoms. The average molecular weight is 870 g/mol. The molecular weight excluding hydrogens is 832 g/mol. The van der Waals surface area contributed by atoms with Gasteiger partial charge in [0.05, 0.1) is 18.0 Å². The first kappa shape index (κ1) is 33.9. The zero-order valence-corrected chi connectivity index (χ0v) is 32.7. The fraction of sp³-hybridized carbons (Fsp3) is 0.109. The standard InChI is InChI=1S/C46H38N4Si.Pt/c1-33(2)48-32-49(44-24-13-12-23-43(44)48)35-15-14-20-38(30-35)51(36-16-6-4-7-17-36,37-18-8-5-9-19-37)39-25-26-41-40-21-10-11-22-42(40)50(45(41)31-39)46-29-34(3)27-28-47-46;/h4-29,33H,32H2,1-3H3;/q-2;+2. The van der Waals surface area contributed by atoms with Crippen LogP contribution < -0.4 is 30.5 Å². The van der Waals surface area contributed by atoms with Gasteiger partial charge in [-0.2, -0.15) is 46.8 Å². The van der Waals surface area contributed by atoms with Gasteiger partial charge in [0.25, 0.3) is 0 Å². The fourth-order valence-electron chi connectivity index (χ4n) is 8.02. The number of nitrogens with zero attached hydrogens (tertiary/aromatic N) is 4. The Morgan fingerprint density at radius 2 is 1.29 bits per heavy atom. The second kappa shape index (κ2) is 13.7. The number of rotatable bonds is 7. The van der Waals surface area contributed by atoms with Crippen LogP contribution in [0.5, 0.6) is 0 Å². The fourth-order valence-corrected chi connectivity index (χ4v) is 12.6. The molecule has 52 heavy (non-hydrogen) atoms. The largest absolute Gasteiger partial charge is 2.00 e. The number of pyridine rings is 1. The molecule has 6 heteroatoms. The maximum absolute atomic E-state index is 4.88. The van der Waals surface area contributed by atoms with E-state index < -0.39 is 8.07 Å². The Hall–Kier alpha value is -5.22. The van der Waals surface area contributed by atoms with Gasteiger partial charge in [-0.1, -0.05) is 102 Å². The molecule has 0 bridgehead atoms. The molecule has 0 unspecified atom stereocenters. The predicted molar refractivity (Wildman–Crippen MR) is 216 cm³/mol. The molecule has 4 nitrogen and oxygen atoms in total. The summed E-state index contributed by atoms with van der Waals surface area (Å²) in [5.41, 5.74) is 6.89. The minimum Gasteiger partial charge on any atom is -0.349 e. The summed E-state index contributed by atoms with van der Waals surface area (Å²) in [6.45, 7) is 7.43. The van der Waals surface area contributed by atoms with Crippen molar-refractivity contribution in [1.82, 2.24) is 9.55 Å². The third-order valence-corrected chi connectivity index (χ3v) is 15.0. The molecule has 1 aliphatic heterocycles. The van der Waals surface area contributed by atoms with Crippen LogP contribution in [0.3, 0.4) is 0 Å². The van der Waals surface area contributed by atoms with Crippen molar-refractivity contribution in [1.29, 1.82) is 0 Å². The van der Waals surface area contributed by atoms with Crippen molar-refractivity contribution in [3.63, 3.8) is 0 Å². The van der Waals surface area contributed by atoms with Crippen LogP contribution in [0.4, 0.5) is 17.1 Å². The minimum atomic E-state index is -3.00. The monoisotopic (exact) mass is 869 g/mol. The van der Waals surface area contributed by atoms with Gasteiger partial charge in [-0.25, -0.2) is 4.98 Å². The maximum atomic E-state index is 4.88. The van der Waals surface area contributed by atoms with E-state index in [1.165, 1.54) is 48.5 Å². The average Bonchev–Trinajstić information content (AvgIpc) is 3.73. The number of anilines is 3. The maximum Gasteiger partial charge on any atom is 2.00 e. The summed E-state index contributed by atoms with van der Waals surface area (Å²) in [5, 5.41) is 7.33. The summed E-state index contributed by atoms with van der Waals surface area (Å²) in [6.07, 6.45) is 1.90. The van der Waals surface area contributed by atoms with E-state index in [0.717, 1.165) is 29.2 Å². The molecule has 9 rings (SSSR count). The van der Waals surface area contributed by atoms with Crippen LogP contribution in [0.2, 0.25) is 0 Å². The van der Waals surface area contributed by atoms with Gasteiger partial charge in [-0.3, -0.25) is 0 Å². The van der Waals surface area contributed by atoms with Crippen LogP contribution in [0.1, 0.15) is 19.4 Å². The van der Waals surface area contributed by atoms with E-state index in [1.807, 2.05) is 6.20 Å². The zero-order valence-electron chi connectivity index (χ0n) is 29.4. The van der Waals surface area contributed by atoms with E-state index in [2.05, 4.69) is 199 Å². The van der Waals surface area contributed by atoms with Crippen molar-refractivity contribution < 1.29 is 21.1 Å². The smallest absolute Gasteiger partial charge is 0.349 e. The Bertz CT molecular complexity index is 2490. The molecular formula is C46H38N4PtSi. The molecule has 0 saturated heterocycles. The van der Waals surface area contributed by atoms with Gasteiger partial charge in [0, 0.05) is 17.8 Å². The molecule has 0 amide bonds. The summed E-state index contributed by atoms with van der Waals surface area (Å²) in [5.74, 6) is 0.900. The van der Waals surface area contributed by atoms with Gasteiger partial charge in [0.15, 0.2) is 0 Å². The van der Waals surface area contributed by atoms with E-state index in [4.69, 9.17) is 4.98 Å². The zero-order chi connectivity index (χ0) is 34.5. The third-order valence-electron chi connectivity index (χ3n) is 10.4. The summed E-state index contributed by atoms with van der Waals surface area (Å²) >= 11 is 0. The van der Waals surface area contributed by atoms with E-state index in [1.54, 1.807) is 0 Å². The van der Waals surface area contributed by atoms with Crippen molar-refractivity contribution in [3.05, 3.63) is 176 Å². The SMILES string of the molecule is Cc1ccnc(-n2c3[c-]c([Si](c4[c-]c(N5CN(C(C)C)c6ccccc65)ccc4)(c4ccccc4)c4ccccc4)ccc3c3ccccc32)c1.[Pt+2]. The van der Waals surface area contributed by atoms with Crippen LogP contribution in [0.15, 0.2) is 158 Å². The third kappa shape index (κ3) is 5.42. The van der Waals surface area contributed by atoms with E-state index in [9.17, 15) is 0 Å². The Morgan fingerprint density at radius 3 is 2.00 bits per heavy atom. The van der Waals surface area contributed by atoms with Gasteiger partial charge < -0.3 is 14.4 Å². The number of aryl methyl sites for hydroxylation is 1. The van der Waals surface area contributed by atoms with Crippen molar-refractivity contribution in [2.45, 2.75) is 26.8 Å². The van der Waals surface area contributed by atoms with Gasteiger partial charge in [-0.05, 0) is 72.4 Å². The molecule has 0 fully saturated rings. The number of aromatic nitrogens is 2. The van der Waals surface area contributed by atoms with Crippen molar-refractivity contribution in [3.8, 4) is 5.82 Å². The first-order valence-electron chi connectivity index (χ1n) is 17.7. The molecule has 6 aromatic carbocycles. The van der Waals surface area contributed by atoms with Gasteiger partial charge in [0.2, 0.25) is 0 Å².